The number of allylic oxidation sites excluding steroid dienone is 2. The molecule has 0 atom stereocenters. The van der Waals surface area contributed by atoms with E-state index in [0.717, 1.165) is 63.9 Å². The molecule has 0 bridgehead atoms. The van der Waals surface area contributed by atoms with Crippen LogP contribution in [0.4, 0.5) is 0 Å². The molecule has 0 aliphatic carbocycles. The summed E-state index contributed by atoms with van der Waals surface area (Å²) in [5.74, 6) is 1.17. The molecule has 3 aromatic heterocycles. The number of aliphatic hydroxyl groups excluding tert-OH is 1. The van der Waals surface area contributed by atoms with Crippen molar-refractivity contribution < 1.29 is 34.4 Å². The van der Waals surface area contributed by atoms with Crippen LogP contribution in [0.25, 0.3) is 53.7 Å². The Kier molecular flexibility index (Phi) is 12.4. The van der Waals surface area contributed by atoms with E-state index in [1.165, 1.54) is 27.1 Å². The van der Waals surface area contributed by atoms with E-state index in [2.05, 4.69) is 93.6 Å². The number of aromatic nitrogens is 1. The van der Waals surface area contributed by atoms with Crippen molar-refractivity contribution >= 4 is 48.9 Å². The maximum absolute atomic E-state index is 12.2. The van der Waals surface area contributed by atoms with Gasteiger partial charge in [-0.05, 0) is 60.7 Å². The van der Waals surface area contributed by atoms with Crippen LogP contribution in [-0.2, 0) is 30.3 Å². The van der Waals surface area contributed by atoms with Gasteiger partial charge in [-0.25, -0.2) is 0 Å². The third kappa shape index (κ3) is 7.99. The molecule has 3 aromatic carbocycles. The van der Waals surface area contributed by atoms with Gasteiger partial charge in [0.15, 0.2) is 5.78 Å². The van der Waals surface area contributed by atoms with Crippen LogP contribution < -0.4 is 0 Å². The molecule has 1 N–H and O–H groups in total. The van der Waals surface area contributed by atoms with E-state index in [1.807, 2.05) is 53.8 Å². The van der Waals surface area contributed by atoms with Crippen LogP contribution >= 0.6 is 11.3 Å². The van der Waals surface area contributed by atoms with Crippen LogP contribution in [-0.4, -0.2) is 15.9 Å². The van der Waals surface area contributed by atoms with E-state index in [1.54, 1.807) is 11.3 Å². The predicted octanol–water partition coefficient (Wildman–Crippen LogP) is 13.3. The first-order chi connectivity index (χ1) is 23.3. The Morgan fingerprint density at radius 1 is 0.840 bits per heavy atom. The summed E-state index contributed by atoms with van der Waals surface area (Å²) in [5.41, 5.74) is 3.47. The van der Waals surface area contributed by atoms with Gasteiger partial charge in [-0.1, -0.05) is 110 Å². The minimum atomic E-state index is -0.337. The molecule has 265 valence electrons. The summed E-state index contributed by atoms with van der Waals surface area (Å²) in [5, 5.41) is 14.8. The zero-order chi connectivity index (χ0) is 35.6. The fourth-order valence-corrected chi connectivity index (χ4v) is 7.08. The first-order valence-electron chi connectivity index (χ1n) is 17.6. The predicted molar refractivity (Wildman–Crippen MR) is 208 cm³/mol. The molecule has 0 fully saturated rings. The number of thiophene rings is 1. The Labute approximate surface area is 315 Å². The number of fused-ring (bicyclic) bond motifs is 3. The molecular formula is C44H50IrNO3S-. The average Bonchev–Trinajstić information content (AvgIpc) is 3.75. The summed E-state index contributed by atoms with van der Waals surface area (Å²) in [7, 11) is 0. The first-order valence-corrected chi connectivity index (χ1v) is 18.4. The molecule has 6 aromatic rings. The summed E-state index contributed by atoms with van der Waals surface area (Å²) in [6.07, 6.45) is 6.58. The van der Waals surface area contributed by atoms with Crippen LogP contribution in [0, 0.1) is 16.9 Å². The normalized spacial score (nSPS) is 12.5. The van der Waals surface area contributed by atoms with Gasteiger partial charge in [-0.3, -0.25) is 9.78 Å². The van der Waals surface area contributed by atoms with Gasteiger partial charge in [0.05, 0.1) is 4.88 Å². The maximum Gasteiger partial charge on any atom is 0.164 e. The van der Waals surface area contributed by atoms with Gasteiger partial charge in [0, 0.05) is 59.0 Å². The van der Waals surface area contributed by atoms with Crippen molar-refractivity contribution in [3.8, 4) is 21.9 Å². The maximum atomic E-state index is 12.2. The third-order valence-corrected chi connectivity index (χ3v) is 11.7. The number of nitrogens with zero attached hydrogens (tertiary/aromatic N) is 1. The zero-order valence-corrected chi connectivity index (χ0v) is 34.1. The van der Waals surface area contributed by atoms with Crippen LogP contribution in [0.2, 0.25) is 0 Å². The smallest absolute Gasteiger partial charge is 0.164 e. The molecule has 50 heavy (non-hydrogen) atoms. The van der Waals surface area contributed by atoms with Gasteiger partial charge in [0.2, 0.25) is 0 Å². The minimum absolute atomic E-state index is 0. The zero-order valence-electron chi connectivity index (χ0n) is 30.9. The molecule has 0 amide bonds. The monoisotopic (exact) mass is 865 g/mol. The van der Waals surface area contributed by atoms with E-state index < -0.39 is 0 Å². The Bertz CT molecular complexity index is 2090. The molecule has 3 heterocycles. The van der Waals surface area contributed by atoms with Crippen LogP contribution in [0.15, 0.2) is 95.2 Å². The molecule has 0 saturated carbocycles. The molecule has 0 aliphatic rings. The van der Waals surface area contributed by atoms with Crippen molar-refractivity contribution in [2.24, 2.45) is 10.8 Å². The second-order valence-electron chi connectivity index (χ2n) is 14.7. The third-order valence-electron chi connectivity index (χ3n) is 10.6. The minimum Gasteiger partial charge on any atom is -0.512 e. The number of hydrogen-bond acceptors (Lipinski definition) is 5. The SMILES string of the molecule is CC(C)(C)c1cc(-c2nccc3oc(-c4cc5ccccc5s4)cc23)[c-]c2ccccc12.CCC(C)(CC)C(=O)/C=C(\O)C(C)(CC)CC.[Ir]. The number of pyridine rings is 1. The molecular weight excluding hydrogens is 815 g/mol. The molecule has 4 nitrogen and oxygen atoms in total. The van der Waals surface area contributed by atoms with E-state index in [0.29, 0.717) is 0 Å². The second kappa shape index (κ2) is 15.8. The largest absolute Gasteiger partial charge is 0.512 e. The summed E-state index contributed by atoms with van der Waals surface area (Å²) in [6, 6.07) is 29.1. The number of aliphatic hydroxyl groups is 1. The van der Waals surface area contributed by atoms with Gasteiger partial charge in [-0.15, -0.1) is 40.5 Å². The summed E-state index contributed by atoms with van der Waals surface area (Å²) in [6.45, 7) is 18.8. The van der Waals surface area contributed by atoms with Crippen molar-refractivity contribution in [1.29, 1.82) is 0 Å². The van der Waals surface area contributed by atoms with Crippen molar-refractivity contribution in [2.75, 3.05) is 0 Å². The van der Waals surface area contributed by atoms with Crippen LogP contribution in [0.3, 0.4) is 0 Å². The van der Waals surface area contributed by atoms with Crippen LogP contribution in [0.5, 0.6) is 0 Å². The fraction of sp³-hybridized carbons (Fsp3) is 0.364. The summed E-state index contributed by atoms with van der Waals surface area (Å²) < 4.78 is 7.55. The average molecular weight is 865 g/mol. The van der Waals surface area contributed by atoms with E-state index in [9.17, 15) is 9.90 Å². The quantitative estimate of drug-likeness (QED) is 0.0893. The fourth-order valence-electron chi connectivity index (χ4n) is 6.06. The molecule has 6 heteroatoms. The summed E-state index contributed by atoms with van der Waals surface area (Å²) in [4.78, 5) is 18.1. The summed E-state index contributed by atoms with van der Waals surface area (Å²) >= 11 is 1.75. The molecule has 6 rings (SSSR count). The Morgan fingerprint density at radius 3 is 2.12 bits per heavy atom. The van der Waals surface area contributed by atoms with E-state index in [4.69, 9.17) is 9.40 Å². The van der Waals surface area contributed by atoms with Crippen molar-refractivity contribution in [1.82, 2.24) is 4.98 Å². The van der Waals surface area contributed by atoms with Crippen molar-refractivity contribution in [2.45, 2.75) is 93.4 Å². The van der Waals surface area contributed by atoms with Gasteiger partial charge in [0.1, 0.15) is 17.1 Å². The number of furan rings is 1. The molecule has 0 unspecified atom stereocenters. The second-order valence-corrected chi connectivity index (χ2v) is 15.7. The Balaban J connectivity index is 0.000000269. The number of carbonyl (C=O) groups is 1. The topological polar surface area (TPSA) is 63.3 Å². The Hall–Kier alpha value is -3.57. The molecule has 0 spiro atoms. The Morgan fingerprint density at radius 2 is 1.48 bits per heavy atom. The number of carbonyl (C=O) groups excluding carboxylic acids is 1. The van der Waals surface area contributed by atoms with Crippen LogP contribution in [0.1, 0.15) is 93.6 Å². The van der Waals surface area contributed by atoms with E-state index in [-0.39, 0.29) is 47.9 Å². The number of hydrogen-bond donors (Lipinski definition) is 1. The molecule has 1 radical (unpaired) electrons. The van der Waals surface area contributed by atoms with Gasteiger partial charge in [0.25, 0.3) is 0 Å². The van der Waals surface area contributed by atoms with Gasteiger partial charge >= 0.3 is 0 Å². The van der Waals surface area contributed by atoms with Crippen molar-refractivity contribution in [3.05, 3.63) is 102 Å². The molecule has 0 saturated heterocycles. The van der Waals surface area contributed by atoms with Gasteiger partial charge < -0.3 is 9.52 Å². The number of rotatable bonds is 9. The van der Waals surface area contributed by atoms with E-state index >= 15 is 0 Å². The standard InChI is InChI=1S/C29H22NOS.C15H28O2.Ir/c1-29(2,3)23-15-20(14-18-8-4-6-10-21(18)23)28-22-17-25(31-24(22)12-13-30-28)27-16-19-9-5-7-11-26(19)32-27;1-7-14(5,8-2)12(16)11-13(17)15(6,9-3)10-4;/h4-13,15-17H,1-3H3;11,16H,7-10H2,1-6H3;/q-1;;/b;12-11-;. The van der Waals surface area contributed by atoms with Gasteiger partial charge in [-0.2, -0.15) is 0 Å². The first kappa shape index (κ1) is 39.2. The number of benzene rings is 3. The number of ketones is 1. The van der Waals surface area contributed by atoms with Crippen molar-refractivity contribution in [3.63, 3.8) is 0 Å². The molecule has 0 aliphatic heterocycles.